The molecule has 0 unspecified atom stereocenters. The average molecular weight is 390 g/mol. The summed E-state index contributed by atoms with van der Waals surface area (Å²) >= 11 is 0. The van der Waals surface area contributed by atoms with Gasteiger partial charge in [0.05, 0.1) is 0 Å². The fourth-order valence-corrected chi connectivity index (χ4v) is 5.60. The highest BCUT2D eigenvalue weighted by Crippen LogP contribution is 2.48. The van der Waals surface area contributed by atoms with Crippen molar-refractivity contribution in [2.24, 2.45) is 0 Å². The summed E-state index contributed by atoms with van der Waals surface area (Å²) in [5.41, 5.74) is 7.34. The molecule has 0 radical (unpaired) electrons. The standard InChI is InChI=1S/C28H23P/c1-23-17-19-24(20-18-23)21-22-28(25-11-5-2-6-12-25)29(26-13-7-3-8-14-26)27-15-9-4-10-16-27/h2-21H,1H3. The molecule has 0 aliphatic heterocycles. The van der Waals surface area contributed by atoms with E-state index in [1.165, 1.54) is 32.6 Å². The maximum atomic E-state index is 3.69. The van der Waals surface area contributed by atoms with Crippen LogP contribution in [-0.4, -0.2) is 0 Å². The molecule has 4 aromatic rings. The van der Waals surface area contributed by atoms with Gasteiger partial charge in [-0.05, 0) is 42.7 Å². The Labute approximate surface area is 174 Å². The van der Waals surface area contributed by atoms with Gasteiger partial charge in [-0.1, -0.05) is 121 Å². The number of hydrogen-bond acceptors (Lipinski definition) is 0. The first-order chi connectivity index (χ1) is 14.3. The summed E-state index contributed by atoms with van der Waals surface area (Å²) in [4.78, 5) is 0. The van der Waals surface area contributed by atoms with Crippen LogP contribution in [-0.2, 0) is 0 Å². The smallest absolute Gasteiger partial charge is 0.0336 e. The lowest BCUT2D eigenvalue weighted by Gasteiger charge is -2.21. The predicted octanol–water partition coefficient (Wildman–Crippen LogP) is 6.78. The SMILES string of the molecule is Cc1ccc(C=C=C(c2ccccc2)P(c2ccccc2)c2ccccc2)cc1. The van der Waals surface area contributed by atoms with E-state index in [9.17, 15) is 0 Å². The van der Waals surface area contributed by atoms with Crippen LogP contribution in [0.4, 0.5) is 0 Å². The van der Waals surface area contributed by atoms with Crippen molar-refractivity contribution in [1.29, 1.82) is 0 Å². The van der Waals surface area contributed by atoms with Crippen molar-refractivity contribution >= 4 is 29.9 Å². The molecule has 0 aliphatic carbocycles. The summed E-state index contributed by atoms with van der Waals surface area (Å²) in [5, 5.41) is 3.90. The van der Waals surface area contributed by atoms with E-state index in [4.69, 9.17) is 0 Å². The van der Waals surface area contributed by atoms with Crippen LogP contribution in [0.3, 0.4) is 0 Å². The van der Waals surface area contributed by atoms with Gasteiger partial charge >= 0.3 is 0 Å². The molecule has 29 heavy (non-hydrogen) atoms. The molecule has 4 rings (SSSR count). The van der Waals surface area contributed by atoms with Crippen LogP contribution in [0.5, 0.6) is 0 Å². The molecular weight excluding hydrogens is 367 g/mol. The number of rotatable bonds is 5. The van der Waals surface area contributed by atoms with Crippen molar-refractivity contribution in [3.05, 3.63) is 138 Å². The zero-order chi connectivity index (χ0) is 19.9. The molecule has 0 amide bonds. The Kier molecular flexibility index (Phi) is 6.18. The van der Waals surface area contributed by atoms with Crippen molar-refractivity contribution in [2.45, 2.75) is 6.92 Å². The lowest BCUT2D eigenvalue weighted by molar-refractivity contribution is 1.46. The molecule has 0 spiro atoms. The second kappa shape index (κ2) is 9.35. The second-order valence-electron chi connectivity index (χ2n) is 6.92. The van der Waals surface area contributed by atoms with E-state index in [1.807, 2.05) is 0 Å². The summed E-state index contributed by atoms with van der Waals surface area (Å²) in [6, 6.07) is 40.8. The molecule has 0 N–H and O–H groups in total. The van der Waals surface area contributed by atoms with Gasteiger partial charge in [0, 0.05) is 5.31 Å². The molecule has 0 saturated carbocycles. The van der Waals surface area contributed by atoms with E-state index in [0.717, 1.165) is 0 Å². The van der Waals surface area contributed by atoms with E-state index in [2.05, 4.69) is 134 Å². The summed E-state index contributed by atoms with van der Waals surface area (Å²) in [6.07, 6.45) is 2.11. The van der Waals surface area contributed by atoms with E-state index in [-0.39, 0.29) is 0 Å². The first kappa shape index (κ1) is 19.2. The molecule has 0 heterocycles. The third-order valence-corrected chi connectivity index (χ3v) is 7.22. The monoisotopic (exact) mass is 390 g/mol. The van der Waals surface area contributed by atoms with Crippen molar-refractivity contribution in [3.63, 3.8) is 0 Å². The second-order valence-corrected chi connectivity index (χ2v) is 9.07. The fourth-order valence-electron chi connectivity index (χ4n) is 3.25. The highest BCUT2D eigenvalue weighted by atomic mass is 31.1. The maximum Gasteiger partial charge on any atom is 0.0336 e. The molecule has 140 valence electrons. The number of aryl methyl sites for hydroxylation is 1. The van der Waals surface area contributed by atoms with Gasteiger partial charge < -0.3 is 0 Å². The van der Waals surface area contributed by atoms with Crippen molar-refractivity contribution < 1.29 is 0 Å². The zero-order valence-corrected chi connectivity index (χ0v) is 17.4. The van der Waals surface area contributed by atoms with Crippen LogP contribution < -0.4 is 10.6 Å². The van der Waals surface area contributed by atoms with Gasteiger partial charge in [0.25, 0.3) is 0 Å². The van der Waals surface area contributed by atoms with Crippen LogP contribution >= 0.6 is 7.92 Å². The van der Waals surface area contributed by atoms with Crippen LogP contribution in [0, 0.1) is 6.92 Å². The van der Waals surface area contributed by atoms with E-state index < -0.39 is 7.92 Å². The van der Waals surface area contributed by atoms with E-state index in [1.54, 1.807) is 0 Å². The van der Waals surface area contributed by atoms with Gasteiger partial charge in [-0.15, -0.1) is 5.73 Å². The highest BCUT2D eigenvalue weighted by molar-refractivity contribution is 7.82. The van der Waals surface area contributed by atoms with Gasteiger partial charge in [-0.25, -0.2) is 0 Å². The van der Waals surface area contributed by atoms with E-state index in [0.29, 0.717) is 0 Å². The Hall–Kier alpha value is -3.17. The largest absolute Gasteiger partial charge is 0.111 e. The van der Waals surface area contributed by atoms with Crippen LogP contribution in [0.2, 0.25) is 0 Å². The molecular formula is C28H23P. The molecule has 0 fully saturated rings. The molecule has 0 saturated heterocycles. The summed E-state index contributed by atoms with van der Waals surface area (Å²) < 4.78 is 0. The summed E-state index contributed by atoms with van der Waals surface area (Å²) in [6.45, 7) is 2.11. The number of hydrogen-bond donors (Lipinski definition) is 0. The fraction of sp³-hybridized carbons (Fsp3) is 0.0357. The molecule has 0 bridgehead atoms. The Morgan fingerprint density at radius 1 is 0.621 bits per heavy atom. The van der Waals surface area contributed by atoms with Gasteiger partial charge in [0.15, 0.2) is 0 Å². The summed E-state index contributed by atoms with van der Waals surface area (Å²) in [5.74, 6) is 0. The number of benzene rings is 4. The molecule has 1 heteroatoms. The zero-order valence-electron chi connectivity index (χ0n) is 16.5. The first-order valence-corrected chi connectivity index (χ1v) is 11.1. The highest BCUT2D eigenvalue weighted by Gasteiger charge is 2.19. The Balaban J connectivity index is 1.92. The van der Waals surface area contributed by atoms with Crippen molar-refractivity contribution in [1.82, 2.24) is 0 Å². The third kappa shape index (κ3) is 4.82. The van der Waals surface area contributed by atoms with Crippen LogP contribution in [0.1, 0.15) is 16.7 Å². The van der Waals surface area contributed by atoms with Gasteiger partial charge in [0.1, 0.15) is 0 Å². The van der Waals surface area contributed by atoms with Gasteiger partial charge in [-0.2, -0.15) is 0 Å². The quantitative estimate of drug-likeness (QED) is 0.260. The molecule has 0 nitrogen and oxygen atoms in total. The van der Waals surface area contributed by atoms with Gasteiger partial charge in [0.2, 0.25) is 0 Å². The predicted molar refractivity (Wildman–Crippen MR) is 128 cm³/mol. The minimum Gasteiger partial charge on any atom is -0.111 e. The Morgan fingerprint density at radius 2 is 1.10 bits per heavy atom. The minimum atomic E-state index is -0.719. The molecule has 4 aromatic carbocycles. The van der Waals surface area contributed by atoms with Crippen LogP contribution in [0.25, 0.3) is 11.4 Å². The maximum absolute atomic E-state index is 3.69. The topological polar surface area (TPSA) is 0 Å². The minimum absolute atomic E-state index is 0.719. The van der Waals surface area contributed by atoms with Crippen molar-refractivity contribution in [3.8, 4) is 0 Å². The Morgan fingerprint density at radius 3 is 1.62 bits per heavy atom. The summed E-state index contributed by atoms with van der Waals surface area (Å²) in [7, 11) is -0.719. The van der Waals surface area contributed by atoms with Gasteiger partial charge in [-0.3, -0.25) is 0 Å². The van der Waals surface area contributed by atoms with Crippen molar-refractivity contribution in [2.75, 3.05) is 0 Å². The van der Waals surface area contributed by atoms with E-state index >= 15 is 0 Å². The molecule has 0 aliphatic rings. The lowest BCUT2D eigenvalue weighted by atomic mass is 10.1. The lowest BCUT2D eigenvalue weighted by Crippen LogP contribution is -2.12. The molecule has 0 aromatic heterocycles. The Bertz CT molecular complexity index is 1070. The normalized spacial score (nSPS) is 10.4. The first-order valence-electron chi connectivity index (χ1n) is 9.80. The van der Waals surface area contributed by atoms with Crippen LogP contribution in [0.15, 0.2) is 121 Å². The average Bonchev–Trinajstić information content (AvgIpc) is 2.79. The third-order valence-electron chi connectivity index (χ3n) is 4.75. The molecule has 0 atom stereocenters.